The first-order valence-electron chi connectivity index (χ1n) is 7.95. The van der Waals surface area contributed by atoms with Crippen LogP contribution >= 0.6 is 11.3 Å². The molecule has 0 saturated carbocycles. The Hall–Kier alpha value is -2.88. The van der Waals surface area contributed by atoms with Crippen LogP contribution in [0.25, 0.3) is 21.1 Å². The van der Waals surface area contributed by atoms with Gasteiger partial charge in [0, 0.05) is 11.8 Å². The molecule has 4 rings (SSSR count). The van der Waals surface area contributed by atoms with E-state index in [1.165, 1.54) is 28.2 Å². The van der Waals surface area contributed by atoms with Gasteiger partial charge in [0.05, 0.1) is 19.0 Å². The van der Waals surface area contributed by atoms with Crippen LogP contribution < -0.4 is 10.5 Å². The van der Waals surface area contributed by atoms with Crippen LogP contribution in [0.3, 0.4) is 0 Å². The number of benzene rings is 1. The Morgan fingerprint density at radius 3 is 2.89 bits per heavy atom. The molecule has 1 unspecified atom stereocenters. The van der Waals surface area contributed by atoms with E-state index < -0.39 is 17.9 Å². The molecule has 1 atom stereocenters. The van der Waals surface area contributed by atoms with Gasteiger partial charge in [-0.3, -0.25) is 0 Å². The van der Waals surface area contributed by atoms with E-state index >= 15 is 0 Å². The summed E-state index contributed by atoms with van der Waals surface area (Å²) in [6.07, 6.45) is -1.89. The van der Waals surface area contributed by atoms with Crippen molar-refractivity contribution in [2.45, 2.75) is 12.6 Å². The van der Waals surface area contributed by atoms with Gasteiger partial charge in [-0.05, 0) is 24.1 Å². The van der Waals surface area contributed by atoms with Crippen molar-refractivity contribution in [2.24, 2.45) is 16.6 Å². The third kappa shape index (κ3) is 3.16. The number of ether oxygens (including phenoxy) is 1. The topological polar surface area (TPSA) is 77.8 Å². The van der Waals surface area contributed by atoms with E-state index in [9.17, 15) is 13.2 Å². The quantitative estimate of drug-likeness (QED) is 0.735. The standard InChI is InChI=1S/C17H14F3N5OS/c1-26-11-4-2-3-9(5-11)15-24-25-13(8-23-16(25)27-15)10-6-12(17(18,19)20)14(21)22-7-10/h2-5,7-8,12H,6H2,1H3,(H2,21,22). The minimum Gasteiger partial charge on any atom is -0.497 e. The monoisotopic (exact) mass is 393 g/mol. The van der Waals surface area contributed by atoms with Crippen LogP contribution in [0.4, 0.5) is 13.2 Å². The number of aliphatic imine (C=N–C) groups is 1. The van der Waals surface area contributed by atoms with Gasteiger partial charge in [0.25, 0.3) is 0 Å². The molecule has 0 radical (unpaired) electrons. The molecule has 1 aliphatic rings. The summed E-state index contributed by atoms with van der Waals surface area (Å²) in [5, 5.41) is 5.20. The van der Waals surface area contributed by atoms with Gasteiger partial charge in [0.2, 0.25) is 4.96 Å². The second kappa shape index (κ2) is 6.38. The highest BCUT2D eigenvalue weighted by Crippen LogP contribution is 2.37. The van der Waals surface area contributed by atoms with E-state index in [-0.39, 0.29) is 6.42 Å². The lowest BCUT2D eigenvalue weighted by molar-refractivity contribution is -0.154. The van der Waals surface area contributed by atoms with Crippen molar-refractivity contribution in [1.29, 1.82) is 0 Å². The van der Waals surface area contributed by atoms with Gasteiger partial charge in [-0.1, -0.05) is 23.5 Å². The molecular formula is C17H14F3N5OS. The number of amidine groups is 1. The molecule has 0 fully saturated rings. The number of hydrogen-bond acceptors (Lipinski definition) is 6. The van der Waals surface area contributed by atoms with Crippen LogP contribution in [0, 0.1) is 5.92 Å². The fourth-order valence-corrected chi connectivity index (χ4v) is 3.73. The molecule has 2 N–H and O–H groups in total. The molecule has 1 aromatic carbocycles. The van der Waals surface area contributed by atoms with Gasteiger partial charge in [-0.2, -0.15) is 18.3 Å². The minimum atomic E-state index is -4.45. The third-order valence-electron chi connectivity index (χ3n) is 4.28. The molecule has 0 amide bonds. The van der Waals surface area contributed by atoms with Crippen LogP contribution in [-0.4, -0.2) is 33.7 Å². The van der Waals surface area contributed by atoms with E-state index in [0.717, 1.165) is 5.56 Å². The molecule has 140 valence electrons. The van der Waals surface area contributed by atoms with Crippen molar-refractivity contribution in [3.05, 3.63) is 42.4 Å². The Bertz CT molecular complexity index is 1070. The predicted molar refractivity (Wildman–Crippen MR) is 96.6 cm³/mol. The first kappa shape index (κ1) is 17.5. The summed E-state index contributed by atoms with van der Waals surface area (Å²) in [6.45, 7) is 0. The number of aromatic nitrogens is 3. The van der Waals surface area contributed by atoms with Gasteiger partial charge in [-0.25, -0.2) is 14.5 Å². The molecule has 6 nitrogen and oxygen atoms in total. The number of alkyl halides is 3. The normalized spacial score (nSPS) is 17.7. The van der Waals surface area contributed by atoms with Crippen molar-refractivity contribution in [3.63, 3.8) is 0 Å². The summed E-state index contributed by atoms with van der Waals surface area (Å²) in [7, 11) is 1.57. The van der Waals surface area contributed by atoms with Crippen LogP contribution in [0.2, 0.25) is 0 Å². The summed E-state index contributed by atoms with van der Waals surface area (Å²) in [5.41, 5.74) is 7.14. The van der Waals surface area contributed by atoms with Crippen molar-refractivity contribution in [2.75, 3.05) is 7.11 Å². The van der Waals surface area contributed by atoms with Gasteiger partial charge in [-0.15, -0.1) is 0 Å². The summed E-state index contributed by atoms with van der Waals surface area (Å²) >= 11 is 1.34. The first-order chi connectivity index (χ1) is 12.9. The molecule has 1 aliphatic heterocycles. The van der Waals surface area contributed by atoms with E-state index in [4.69, 9.17) is 10.5 Å². The zero-order chi connectivity index (χ0) is 19.2. The lowest BCUT2D eigenvalue weighted by Crippen LogP contribution is -2.37. The number of methoxy groups -OCH3 is 1. The molecule has 10 heteroatoms. The SMILES string of the molecule is COc1cccc(-c2nn3c(C4=CN=C(N)C(C(F)(F)F)C4)cnc3s2)c1. The Morgan fingerprint density at radius 2 is 2.15 bits per heavy atom. The van der Waals surface area contributed by atoms with E-state index in [1.54, 1.807) is 7.11 Å². The first-order valence-corrected chi connectivity index (χ1v) is 8.77. The van der Waals surface area contributed by atoms with Crippen molar-refractivity contribution < 1.29 is 17.9 Å². The molecule has 2 aromatic heterocycles. The number of allylic oxidation sites excluding steroid dienone is 1. The van der Waals surface area contributed by atoms with Crippen LogP contribution in [-0.2, 0) is 0 Å². The van der Waals surface area contributed by atoms with Crippen molar-refractivity contribution in [1.82, 2.24) is 14.6 Å². The zero-order valence-electron chi connectivity index (χ0n) is 14.1. The summed E-state index contributed by atoms with van der Waals surface area (Å²) < 4.78 is 46.3. The highest BCUT2D eigenvalue weighted by atomic mass is 32.1. The fourth-order valence-electron chi connectivity index (χ4n) is 2.86. The fraction of sp³-hybridized carbons (Fsp3) is 0.235. The number of nitrogens with two attached hydrogens (primary N) is 1. The van der Waals surface area contributed by atoms with Crippen molar-refractivity contribution in [3.8, 4) is 16.3 Å². The van der Waals surface area contributed by atoms with Crippen molar-refractivity contribution >= 4 is 27.7 Å². The number of hydrogen-bond donors (Lipinski definition) is 1. The smallest absolute Gasteiger partial charge is 0.399 e. The average molecular weight is 393 g/mol. The van der Waals surface area contributed by atoms with Gasteiger partial charge < -0.3 is 10.5 Å². The van der Waals surface area contributed by atoms with Gasteiger partial charge in [0.1, 0.15) is 22.5 Å². The molecule has 0 bridgehead atoms. The second-order valence-corrected chi connectivity index (χ2v) is 6.94. The number of fused-ring (bicyclic) bond motifs is 1. The van der Waals surface area contributed by atoms with Gasteiger partial charge >= 0.3 is 6.18 Å². The highest BCUT2D eigenvalue weighted by Gasteiger charge is 2.44. The summed E-state index contributed by atoms with van der Waals surface area (Å²) in [5.74, 6) is -1.55. The van der Waals surface area contributed by atoms with Crippen LogP contribution in [0.15, 0.2) is 41.7 Å². The average Bonchev–Trinajstić information content (AvgIpc) is 3.22. The number of nitrogens with zero attached hydrogens (tertiary/aromatic N) is 4. The second-order valence-electron chi connectivity index (χ2n) is 5.98. The molecule has 3 heterocycles. The molecular weight excluding hydrogens is 379 g/mol. The molecule has 0 spiro atoms. The maximum atomic E-state index is 13.2. The summed E-state index contributed by atoms with van der Waals surface area (Å²) in [4.78, 5) is 8.59. The maximum Gasteiger partial charge on any atom is 0.399 e. The van der Waals surface area contributed by atoms with Gasteiger partial charge in [0.15, 0.2) is 0 Å². The Labute approximate surface area is 155 Å². The number of halogens is 3. The Balaban J connectivity index is 1.73. The lowest BCUT2D eigenvalue weighted by atomic mass is 9.94. The Morgan fingerprint density at radius 1 is 1.33 bits per heavy atom. The molecule has 0 saturated heterocycles. The van der Waals surface area contributed by atoms with Crippen LogP contribution in [0.5, 0.6) is 5.75 Å². The third-order valence-corrected chi connectivity index (χ3v) is 5.25. The largest absolute Gasteiger partial charge is 0.497 e. The summed E-state index contributed by atoms with van der Waals surface area (Å²) in [6, 6.07) is 7.38. The zero-order valence-corrected chi connectivity index (χ0v) is 14.9. The lowest BCUT2D eigenvalue weighted by Gasteiger charge is -2.23. The maximum absolute atomic E-state index is 13.2. The molecule has 27 heavy (non-hydrogen) atoms. The number of rotatable bonds is 3. The number of imidazole rings is 1. The Kier molecular flexibility index (Phi) is 4.14. The molecule has 3 aromatic rings. The van der Waals surface area contributed by atoms with E-state index in [0.29, 0.717) is 27.0 Å². The highest BCUT2D eigenvalue weighted by molar-refractivity contribution is 7.19. The molecule has 0 aliphatic carbocycles. The van der Waals surface area contributed by atoms with E-state index in [1.807, 2.05) is 24.3 Å². The van der Waals surface area contributed by atoms with E-state index in [2.05, 4.69) is 15.1 Å². The minimum absolute atomic E-state index is 0.293. The predicted octanol–water partition coefficient (Wildman–Crippen LogP) is 3.75. The van der Waals surface area contributed by atoms with Crippen LogP contribution in [0.1, 0.15) is 12.1 Å².